The van der Waals surface area contributed by atoms with E-state index in [0.717, 1.165) is 0 Å². The van der Waals surface area contributed by atoms with Crippen LogP contribution in [-0.4, -0.2) is 76.4 Å². The van der Waals surface area contributed by atoms with E-state index in [0.29, 0.717) is 53.0 Å². The van der Waals surface area contributed by atoms with E-state index in [2.05, 4.69) is 10.6 Å². The molecule has 0 amide bonds. The summed E-state index contributed by atoms with van der Waals surface area (Å²) in [6, 6.07) is 0. The summed E-state index contributed by atoms with van der Waals surface area (Å²) in [5.41, 5.74) is 0. The molecule has 0 bridgehead atoms. The standard InChI is InChI=1S/C10H24N2O5/c13-3-1-11-9-16-7-5-15-6-8-17-10-12-2-4-14/h11-14H,1-10H2. The number of nitrogens with one attached hydrogen (secondary N) is 2. The van der Waals surface area contributed by atoms with Crippen molar-refractivity contribution in [2.75, 3.05) is 66.2 Å². The second-order valence-electron chi connectivity index (χ2n) is 3.16. The predicted molar refractivity (Wildman–Crippen MR) is 62.6 cm³/mol. The van der Waals surface area contributed by atoms with E-state index in [9.17, 15) is 0 Å². The highest BCUT2D eigenvalue weighted by Gasteiger charge is 1.91. The molecule has 0 aliphatic heterocycles. The lowest BCUT2D eigenvalue weighted by Gasteiger charge is -2.07. The van der Waals surface area contributed by atoms with Crippen LogP contribution in [0.5, 0.6) is 0 Å². The van der Waals surface area contributed by atoms with Gasteiger partial charge in [-0.05, 0) is 0 Å². The molecule has 0 aromatic carbocycles. The molecule has 0 aromatic rings. The van der Waals surface area contributed by atoms with E-state index in [1.807, 2.05) is 0 Å². The molecule has 0 saturated carbocycles. The van der Waals surface area contributed by atoms with Gasteiger partial charge in [0.25, 0.3) is 0 Å². The Labute approximate surface area is 102 Å². The van der Waals surface area contributed by atoms with Crippen LogP contribution in [0.4, 0.5) is 0 Å². The predicted octanol–water partition coefficient (Wildman–Crippen LogP) is -1.88. The molecule has 0 spiro atoms. The molecule has 0 unspecified atom stereocenters. The van der Waals surface area contributed by atoms with Crippen LogP contribution in [0.1, 0.15) is 0 Å². The third kappa shape index (κ3) is 15.7. The Morgan fingerprint density at radius 1 is 0.647 bits per heavy atom. The van der Waals surface area contributed by atoms with Crippen molar-refractivity contribution in [2.45, 2.75) is 0 Å². The minimum atomic E-state index is 0.113. The van der Waals surface area contributed by atoms with Crippen LogP contribution in [0, 0.1) is 0 Å². The minimum Gasteiger partial charge on any atom is -0.395 e. The molecule has 0 fully saturated rings. The summed E-state index contributed by atoms with van der Waals surface area (Å²) in [5.74, 6) is 0. The molecule has 7 nitrogen and oxygen atoms in total. The lowest BCUT2D eigenvalue weighted by Crippen LogP contribution is -2.23. The number of ether oxygens (including phenoxy) is 3. The number of hydrogen-bond donors (Lipinski definition) is 4. The summed E-state index contributed by atoms with van der Waals surface area (Å²) in [4.78, 5) is 0. The van der Waals surface area contributed by atoms with Crippen molar-refractivity contribution in [3.8, 4) is 0 Å². The Kier molecular flexibility index (Phi) is 15.5. The van der Waals surface area contributed by atoms with Gasteiger partial charge in [0.05, 0.1) is 53.1 Å². The first-order chi connectivity index (χ1) is 8.41. The first-order valence-corrected chi connectivity index (χ1v) is 5.78. The fourth-order valence-electron chi connectivity index (χ4n) is 0.929. The zero-order chi connectivity index (χ0) is 12.6. The van der Waals surface area contributed by atoms with Crippen LogP contribution < -0.4 is 10.6 Å². The Morgan fingerprint density at radius 3 is 1.47 bits per heavy atom. The van der Waals surface area contributed by atoms with Crippen LogP contribution in [-0.2, 0) is 14.2 Å². The lowest BCUT2D eigenvalue weighted by molar-refractivity contribution is 0.00691. The van der Waals surface area contributed by atoms with Gasteiger partial charge in [0.2, 0.25) is 0 Å². The number of rotatable bonds is 14. The van der Waals surface area contributed by atoms with Crippen molar-refractivity contribution in [3.05, 3.63) is 0 Å². The molecule has 0 saturated heterocycles. The Morgan fingerprint density at radius 2 is 1.06 bits per heavy atom. The smallest absolute Gasteiger partial charge is 0.0967 e. The van der Waals surface area contributed by atoms with Gasteiger partial charge in [0, 0.05) is 13.1 Å². The van der Waals surface area contributed by atoms with Crippen molar-refractivity contribution in [1.82, 2.24) is 10.6 Å². The van der Waals surface area contributed by atoms with Crippen LogP contribution in [0.15, 0.2) is 0 Å². The normalized spacial score (nSPS) is 10.9. The summed E-state index contributed by atoms with van der Waals surface area (Å²) in [6.07, 6.45) is 0. The SMILES string of the molecule is OCCNCOCCOCCOCNCCO. The van der Waals surface area contributed by atoms with Gasteiger partial charge in [0.15, 0.2) is 0 Å². The van der Waals surface area contributed by atoms with Crippen LogP contribution in [0.3, 0.4) is 0 Å². The molecule has 104 valence electrons. The largest absolute Gasteiger partial charge is 0.395 e. The molecule has 0 radical (unpaired) electrons. The van der Waals surface area contributed by atoms with E-state index in [4.69, 9.17) is 24.4 Å². The third-order valence-electron chi connectivity index (χ3n) is 1.73. The zero-order valence-electron chi connectivity index (χ0n) is 10.2. The summed E-state index contributed by atoms with van der Waals surface area (Å²) in [7, 11) is 0. The molecule has 4 N–H and O–H groups in total. The monoisotopic (exact) mass is 252 g/mol. The highest BCUT2D eigenvalue weighted by Crippen LogP contribution is 1.79. The number of hydrogen-bond acceptors (Lipinski definition) is 7. The zero-order valence-corrected chi connectivity index (χ0v) is 10.2. The minimum absolute atomic E-state index is 0.113. The van der Waals surface area contributed by atoms with Gasteiger partial charge in [-0.25, -0.2) is 0 Å². The van der Waals surface area contributed by atoms with Crippen LogP contribution in [0.2, 0.25) is 0 Å². The molecular formula is C10H24N2O5. The fourth-order valence-corrected chi connectivity index (χ4v) is 0.929. The van der Waals surface area contributed by atoms with Gasteiger partial charge < -0.3 is 24.4 Å². The maximum absolute atomic E-state index is 8.47. The Bertz CT molecular complexity index is 126. The maximum Gasteiger partial charge on any atom is 0.0967 e. The lowest BCUT2D eigenvalue weighted by atomic mass is 10.7. The van der Waals surface area contributed by atoms with Crippen molar-refractivity contribution in [2.24, 2.45) is 0 Å². The topological polar surface area (TPSA) is 92.2 Å². The van der Waals surface area contributed by atoms with Crippen molar-refractivity contribution in [1.29, 1.82) is 0 Å². The van der Waals surface area contributed by atoms with E-state index in [-0.39, 0.29) is 13.2 Å². The second kappa shape index (κ2) is 15.7. The van der Waals surface area contributed by atoms with Gasteiger partial charge in [-0.15, -0.1) is 0 Å². The Balaban J connectivity index is 2.85. The highest BCUT2D eigenvalue weighted by atomic mass is 16.5. The molecule has 17 heavy (non-hydrogen) atoms. The average Bonchev–Trinajstić information content (AvgIpc) is 2.35. The number of aliphatic hydroxyl groups is 2. The van der Waals surface area contributed by atoms with Crippen molar-refractivity contribution >= 4 is 0 Å². The Hall–Kier alpha value is -0.280. The summed E-state index contributed by atoms with van der Waals surface area (Å²) in [6.45, 7) is 4.22. The van der Waals surface area contributed by atoms with Gasteiger partial charge in [-0.2, -0.15) is 0 Å². The molecule has 0 aliphatic carbocycles. The summed E-state index contributed by atoms with van der Waals surface area (Å²) < 4.78 is 15.6. The van der Waals surface area contributed by atoms with Gasteiger partial charge in [-0.3, -0.25) is 10.6 Å². The molecular weight excluding hydrogens is 228 g/mol. The first kappa shape index (κ1) is 16.7. The van der Waals surface area contributed by atoms with E-state index in [1.165, 1.54) is 0 Å². The molecule has 0 aliphatic rings. The quantitative estimate of drug-likeness (QED) is 0.212. The molecule has 7 heteroatoms. The van der Waals surface area contributed by atoms with Gasteiger partial charge in [-0.1, -0.05) is 0 Å². The first-order valence-electron chi connectivity index (χ1n) is 5.78. The maximum atomic E-state index is 8.47. The number of aliphatic hydroxyl groups excluding tert-OH is 2. The summed E-state index contributed by atoms with van der Waals surface area (Å²) in [5, 5.41) is 22.7. The van der Waals surface area contributed by atoms with Crippen LogP contribution in [0.25, 0.3) is 0 Å². The summed E-state index contributed by atoms with van der Waals surface area (Å²) >= 11 is 0. The third-order valence-corrected chi connectivity index (χ3v) is 1.73. The van der Waals surface area contributed by atoms with Crippen molar-refractivity contribution < 1.29 is 24.4 Å². The molecule has 0 heterocycles. The fraction of sp³-hybridized carbons (Fsp3) is 1.00. The van der Waals surface area contributed by atoms with Gasteiger partial charge >= 0.3 is 0 Å². The van der Waals surface area contributed by atoms with E-state index in [1.54, 1.807) is 0 Å². The van der Waals surface area contributed by atoms with Crippen LogP contribution >= 0.6 is 0 Å². The van der Waals surface area contributed by atoms with Crippen molar-refractivity contribution in [3.63, 3.8) is 0 Å². The van der Waals surface area contributed by atoms with Gasteiger partial charge in [0.1, 0.15) is 0 Å². The van der Waals surface area contributed by atoms with E-state index < -0.39 is 0 Å². The highest BCUT2D eigenvalue weighted by molar-refractivity contribution is 4.37. The molecule has 0 aromatic heterocycles. The molecule has 0 atom stereocenters. The van der Waals surface area contributed by atoms with E-state index >= 15 is 0 Å². The average molecular weight is 252 g/mol. The second-order valence-corrected chi connectivity index (χ2v) is 3.16. The molecule has 0 rings (SSSR count).